The number of carbonyl (C=O) groups excluding carboxylic acids is 1. The van der Waals surface area contributed by atoms with Crippen LogP contribution in [0, 0.1) is 30.1 Å². The fraction of sp³-hybridized carbons (Fsp3) is 0.739. The van der Waals surface area contributed by atoms with Gasteiger partial charge in [-0.15, -0.1) is 0 Å². The Bertz CT molecular complexity index is 824. The molecule has 0 aromatic carbocycles. The zero-order valence-electron chi connectivity index (χ0n) is 17.0. The third-order valence-electron chi connectivity index (χ3n) is 8.69. The van der Waals surface area contributed by atoms with E-state index in [0.717, 1.165) is 49.0 Å². The average Bonchev–Trinajstić information content (AvgIpc) is 3.12. The first-order valence-electron chi connectivity index (χ1n) is 10.7. The summed E-state index contributed by atoms with van der Waals surface area (Å²) in [5, 5.41) is 4.26. The molecule has 4 heteroatoms. The Hall–Kier alpha value is -1.58. The maximum atomic E-state index is 11.4. The number of aryl methyl sites for hydroxylation is 1. The van der Waals surface area contributed by atoms with E-state index in [9.17, 15) is 4.79 Å². The topological polar surface area (TPSA) is 52.3 Å². The van der Waals surface area contributed by atoms with E-state index in [1.165, 1.54) is 31.7 Å². The summed E-state index contributed by atoms with van der Waals surface area (Å²) < 4.78 is 11.3. The molecule has 0 aliphatic heterocycles. The highest BCUT2D eigenvalue weighted by Crippen LogP contribution is 2.64. The van der Waals surface area contributed by atoms with Gasteiger partial charge in [0.1, 0.15) is 11.9 Å². The van der Waals surface area contributed by atoms with Gasteiger partial charge in [-0.1, -0.05) is 30.7 Å². The smallest absolute Gasteiger partial charge is 0.302 e. The lowest BCUT2D eigenvalue weighted by Crippen LogP contribution is -2.51. The van der Waals surface area contributed by atoms with Gasteiger partial charge in [0, 0.05) is 30.7 Å². The second-order valence-electron chi connectivity index (χ2n) is 9.96. The van der Waals surface area contributed by atoms with Crippen LogP contribution in [0.1, 0.15) is 76.3 Å². The van der Waals surface area contributed by atoms with Gasteiger partial charge in [-0.2, -0.15) is 0 Å². The molecule has 0 N–H and O–H groups in total. The number of hydrogen-bond donors (Lipinski definition) is 0. The molecule has 2 fully saturated rings. The van der Waals surface area contributed by atoms with E-state index in [1.807, 2.05) is 0 Å². The lowest BCUT2D eigenvalue weighted by Gasteiger charge is -2.57. The molecule has 4 aliphatic rings. The first kappa shape index (κ1) is 17.5. The Morgan fingerprint density at radius 2 is 1.96 bits per heavy atom. The number of ether oxygens (including phenoxy) is 1. The van der Waals surface area contributed by atoms with Crippen LogP contribution in [-0.4, -0.2) is 17.2 Å². The summed E-state index contributed by atoms with van der Waals surface area (Å²) in [7, 11) is 0. The highest BCUT2D eigenvalue weighted by Gasteiger charge is 2.59. The number of rotatable bonds is 1. The summed E-state index contributed by atoms with van der Waals surface area (Å²) in [5.41, 5.74) is 4.59. The minimum atomic E-state index is -0.144. The largest absolute Gasteiger partial charge is 0.462 e. The van der Waals surface area contributed by atoms with Gasteiger partial charge in [0.15, 0.2) is 0 Å². The minimum Gasteiger partial charge on any atom is -0.462 e. The fourth-order valence-electron chi connectivity index (χ4n) is 7.46. The van der Waals surface area contributed by atoms with Crippen molar-refractivity contribution in [3.8, 4) is 0 Å². The molecule has 0 radical (unpaired) electrons. The quantitative estimate of drug-likeness (QED) is 0.522. The van der Waals surface area contributed by atoms with Crippen LogP contribution in [0.2, 0.25) is 0 Å². The molecule has 1 aromatic rings. The van der Waals surface area contributed by atoms with Gasteiger partial charge in [0.2, 0.25) is 0 Å². The zero-order valence-corrected chi connectivity index (χ0v) is 17.0. The molecule has 5 rings (SSSR count). The maximum Gasteiger partial charge on any atom is 0.302 e. The number of carbonyl (C=O) groups is 1. The van der Waals surface area contributed by atoms with Crippen molar-refractivity contribution in [3.05, 3.63) is 28.7 Å². The summed E-state index contributed by atoms with van der Waals surface area (Å²) in [4.78, 5) is 11.4. The van der Waals surface area contributed by atoms with E-state index in [1.54, 1.807) is 5.57 Å². The Morgan fingerprint density at radius 3 is 2.74 bits per heavy atom. The lowest BCUT2D eigenvalue weighted by atomic mass is 9.47. The van der Waals surface area contributed by atoms with Gasteiger partial charge in [-0.3, -0.25) is 4.79 Å². The van der Waals surface area contributed by atoms with Crippen molar-refractivity contribution in [2.75, 3.05) is 0 Å². The SMILES string of the molecule is CC(=O)OC1CCC2(C)C(=CCC3C2CCC2(C)c4c(C)noc4CC32)C1. The highest BCUT2D eigenvalue weighted by atomic mass is 16.5. The monoisotopic (exact) mass is 369 g/mol. The van der Waals surface area contributed by atoms with Crippen LogP contribution in [0.5, 0.6) is 0 Å². The normalized spacial score (nSPS) is 42.4. The number of aromatic nitrogens is 1. The molecule has 6 unspecified atom stereocenters. The second-order valence-corrected chi connectivity index (χ2v) is 9.96. The van der Waals surface area contributed by atoms with E-state index in [4.69, 9.17) is 9.26 Å². The first-order chi connectivity index (χ1) is 12.8. The first-order valence-corrected chi connectivity index (χ1v) is 10.7. The van der Waals surface area contributed by atoms with E-state index in [-0.39, 0.29) is 22.9 Å². The van der Waals surface area contributed by atoms with E-state index >= 15 is 0 Å². The highest BCUT2D eigenvalue weighted by molar-refractivity contribution is 5.66. The van der Waals surface area contributed by atoms with Crippen LogP contribution >= 0.6 is 0 Å². The van der Waals surface area contributed by atoms with Gasteiger partial charge < -0.3 is 9.26 Å². The molecule has 146 valence electrons. The van der Waals surface area contributed by atoms with Crippen molar-refractivity contribution < 1.29 is 14.1 Å². The van der Waals surface area contributed by atoms with Crippen LogP contribution in [0.15, 0.2) is 16.2 Å². The van der Waals surface area contributed by atoms with Gasteiger partial charge in [-0.05, 0) is 62.2 Å². The van der Waals surface area contributed by atoms with Crippen molar-refractivity contribution >= 4 is 5.97 Å². The summed E-state index contributed by atoms with van der Waals surface area (Å²) in [5.74, 6) is 3.15. The summed E-state index contributed by atoms with van der Waals surface area (Å²) in [6, 6.07) is 0. The molecular weight excluding hydrogens is 338 g/mol. The van der Waals surface area contributed by atoms with Crippen LogP contribution in [0.4, 0.5) is 0 Å². The van der Waals surface area contributed by atoms with Crippen LogP contribution < -0.4 is 0 Å². The van der Waals surface area contributed by atoms with Crippen molar-refractivity contribution in [2.24, 2.45) is 23.2 Å². The van der Waals surface area contributed by atoms with Gasteiger partial charge >= 0.3 is 5.97 Å². The van der Waals surface area contributed by atoms with Crippen molar-refractivity contribution in [3.63, 3.8) is 0 Å². The molecule has 2 saturated carbocycles. The second kappa shape index (κ2) is 5.71. The third-order valence-corrected chi connectivity index (χ3v) is 8.69. The number of esters is 1. The van der Waals surface area contributed by atoms with Crippen LogP contribution in [0.25, 0.3) is 0 Å². The maximum absolute atomic E-state index is 11.4. The average molecular weight is 370 g/mol. The molecule has 4 nitrogen and oxygen atoms in total. The molecule has 0 bridgehead atoms. The fourth-order valence-corrected chi connectivity index (χ4v) is 7.46. The standard InChI is InChI=1S/C23H31NO3/c1-13-21-20(27-24-13)12-19-17-6-5-15-11-16(26-14(2)25)7-9-22(15,3)18(17)8-10-23(19,21)4/h5,16-19H,6-12H2,1-4H3. The van der Waals surface area contributed by atoms with E-state index < -0.39 is 0 Å². The molecule has 0 amide bonds. The third kappa shape index (κ3) is 2.34. The Kier molecular flexibility index (Phi) is 3.71. The molecule has 1 heterocycles. The molecular formula is C23H31NO3. The summed E-state index contributed by atoms with van der Waals surface area (Å²) in [6.45, 7) is 8.59. The zero-order chi connectivity index (χ0) is 19.0. The predicted molar refractivity (Wildman–Crippen MR) is 102 cm³/mol. The molecule has 4 aliphatic carbocycles. The molecule has 6 atom stereocenters. The van der Waals surface area contributed by atoms with Crippen LogP contribution in [0.3, 0.4) is 0 Å². The van der Waals surface area contributed by atoms with E-state index in [0.29, 0.717) is 5.92 Å². The number of hydrogen-bond acceptors (Lipinski definition) is 4. The lowest BCUT2D eigenvalue weighted by molar-refractivity contribution is -0.148. The van der Waals surface area contributed by atoms with Gasteiger partial charge in [0.05, 0.1) is 5.69 Å². The Balaban J connectivity index is 1.45. The number of nitrogens with zero attached hydrogens (tertiary/aromatic N) is 1. The van der Waals surface area contributed by atoms with E-state index in [2.05, 4.69) is 32.0 Å². The van der Waals surface area contributed by atoms with Crippen LogP contribution in [-0.2, 0) is 21.4 Å². The van der Waals surface area contributed by atoms with Gasteiger partial charge in [-0.25, -0.2) is 0 Å². The van der Waals surface area contributed by atoms with Crippen molar-refractivity contribution in [1.82, 2.24) is 5.16 Å². The number of allylic oxidation sites excluding steroid dienone is 1. The van der Waals surface area contributed by atoms with Crippen molar-refractivity contribution in [1.29, 1.82) is 0 Å². The summed E-state index contributed by atoms with van der Waals surface area (Å²) in [6.07, 6.45) is 10.4. The molecule has 27 heavy (non-hydrogen) atoms. The predicted octanol–water partition coefficient (Wildman–Crippen LogP) is 4.89. The van der Waals surface area contributed by atoms with Crippen molar-refractivity contribution in [2.45, 2.75) is 84.2 Å². The van der Waals surface area contributed by atoms with Gasteiger partial charge in [0.25, 0.3) is 0 Å². The molecule has 1 aromatic heterocycles. The number of fused-ring (bicyclic) bond motifs is 7. The molecule has 0 spiro atoms. The Morgan fingerprint density at radius 1 is 1.19 bits per heavy atom. The molecule has 0 saturated heterocycles. The minimum absolute atomic E-state index is 0.0800. The Labute approximate surface area is 161 Å². The summed E-state index contributed by atoms with van der Waals surface area (Å²) >= 11 is 0.